The normalized spacial score (nSPS) is 19.4. The molecule has 0 spiro atoms. The van der Waals surface area contributed by atoms with Crippen LogP contribution in [0.5, 0.6) is 11.5 Å². The van der Waals surface area contributed by atoms with Gasteiger partial charge in [0.15, 0.2) is 11.5 Å². The second kappa shape index (κ2) is 11.3. The summed E-state index contributed by atoms with van der Waals surface area (Å²) in [5, 5.41) is 4.23. The maximum atomic E-state index is 14.0. The summed E-state index contributed by atoms with van der Waals surface area (Å²) < 4.78 is 11.0. The first-order valence-electron chi connectivity index (χ1n) is 15.3. The number of anilines is 1. The number of amides is 2. The van der Waals surface area contributed by atoms with E-state index in [1.165, 1.54) is 0 Å². The van der Waals surface area contributed by atoms with Crippen LogP contribution < -0.4 is 14.4 Å². The minimum Gasteiger partial charge on any atom is -0.454 e. The Bertz CT molecular complexity index is 1590. The zero-order valence-corrected chi connectivity index (χ0v) is 24.1. The fraction of sp³-hybridized carbons (Fsp3) is 0.371. The highest BCUT2D eigenvalue weighted by atomic mass is 16.7. The molecule has 0 aromatic heterocycles. The van der Waals surface area contributed by atoms with E-state index in [9.17, 15) is 9.59 Å². The lowest BCUT2D eigenvalue weighted by Gasteiger charge is -2.42. The lowest BCUT2D eigenvalue weighted by atomic mass is 9.92. The molecule has 0 aliphatic carbocycles. The number of nitrogens with zero attached hydrogens (tertiary/aromatic N) is 3. The standard InChI is InChI=1S/C35H37N3O4/c1-2-38(28-13-14-31-32(21-28)42-23-41-31)34(39)26-10-7-17-37(22-26)27-15-18-36(19-16-27)35(40)33-29-11-5-3-8-24(29)20-25-9-4-6-12-30(25)33/h3-6,8-9,11-14,20-21,26-27H,2,7,10,15-19,22-23H2,1H3. The number of fused-ring (bicyclic) bond motifs is 3. The first-order valence-corrected chi connectivity index (χ1v) is 15.3. The van der Waals surface area contributed by atoms with Crippen LogP contribution >= 0.6 is 0 Å². The summed E-state index contributed by atoms with van der Waals surface area (Å²) >= 11 is 0. The molecule has 1 unspecified atom stereocenters. The molecule has 3 aliphatic rings. The molecule has 0 N–H and O–H groups in total. The molecule has 0 radical (unpaired) electrons. The van der Waals surface area contributed by atoms with Gasteiger partial charge in [-0.2, -0.15) is 0 Å². The van der Waals surface area contributed by atoms with Crippen molar-refractivity contribution in [2.45, 2.75) is 38.6 Å². The van der Waals surface area contributed by atoms with Crippen molar-refractivity contribution in [3.63, 3.8) is 0 Å². The first kappa shape index (κ1) is 26.8. The molecule has 42 heavy (non-hydrogen) atoms. The highest BCUT2D eigenvalue weighted by molar-refractivity contribution is 6.18. The smallest absolute Gasteiger partial charge is 0.255 e. The molecule has 3 aliphatic heterocycles. The molecule has 4 aromatic carbocycles. The highest BCUT2D eigenvalue weighted by Gasteiger charge is 2.35. The zero-order valence-electron chi connectivity index (χ0n) is 24.1. The average Bonchev–Trinajstić information content (AvgIpc) is 3.52. The van der Waals surface area contributed by atoms with Crippen molar-refractivity contribution in [2.75, 3.05) is 44.4 Å². The molecular weight excluding hydrogens is 526 g/mol. The monoisotopic (exact) mass is 563 g/mol. The molecule has 0 saturated carbocycles. The molecule has 216 valence electrons. The predicted octanol–water partition coefficient (Wildman–Crippen LogP) is 6.09. The quantitative estimate of drug-likeness (QED) is 0.275. The van der Waals surface area contributed by atoms with E-state index in [0.717, 1.165) is 90.4 Å². The van der Waals surface area contributed by atoms with Gasteiger partial charge in [0.1, 0.15) is 0 Å². The molecular formula is C35H37N3O4. The van der Waals surface area contributed by atoms with Gasteiger partial charge in [0.05, 0.1) is 11.5 Å². The number of likely N-dealkylation sites (tertiary alicyclic amines) is 2. The minimum atomic E-state index is -0.0363. The van der Waals surface area contributed by atoms with E-state index < -0.39 is 0 Å². The van der Waals surface area contributed by atoms with Crippen LogP contribution in [0.3, 0.4) is 0 Å². The number of ether oxygens (including phenoxy) is 2. The molecule has 4 aromatic rings. The van der Waals surface area contributed by atoms with Crippen LogP contribution in [0, 0.1) is 5.92 Å². The topological polar surface area (TPSA) is 62.3 Å². The van der Waals surface area contributed by atoms with Gasteiger partial charge in [0.25, 0.3) is 5.91 Å². The Morgan fingerprint density at radius 1 is 0.833 bits per heavy atom. The number of carbonyl (C=O) groups excluding carboxylic acids is 2. The van der Waals surface area contributed by atoms with Gasteiger partial charge in [-0.1, -0.05) is 48.5 Å². The summed E-state index contributed by atoms with van der Waals surface area (Å²) in [6, 6.07) is 24.7. The Hall–Kier alpha value is -4.10. The minimum absolute atomic E-state index is 0.0363. The van der Waals surface area contributed by atoms with E-state index in [1.54, 1.807) is 0 Å². The van der Waals surface area contributed by atoms with Gasteiger partial charge >= 0.3 is 0 Å². The van der Waals surface area contributed by atoms with Gasteiger partial charge in [0, 0.05) is 44.0 Å². The Morgan fingerprint density at radius 2 is 1.52 bits per heavy atom. The fourth-order valence-corrected chi connectivity index (χ4v) is 7.12. The lowest BCUT2D eigenvalue weighted by Crippen LogP contribution is -2.52. The van der Waals surface area contributed by atoms with Gasteiger partial charge in [-0.25, -0.2) is 0 Å². The highest BCUT2D eigenvalue weighted by Crippen LogP contribution is 2.37. The summed E-state index contributed by atoms with van der Waals surface area (Å²) in [5.74, 6) is 1.68. The molecule has 2 saturated heterocycles. The zero-order chi connectivity index (χ0) is 28.6. The van der Waals surface area contributed by atoms with E-state index in [1.807, 2.05) is 59.2 Å². The van der Waals surface area contributed by atoms with Crippen molar-refractivity contribution >= 4 is 39.0 Å². The SMILES string of the molecule is CCN(C(=O)C1CCCN(C2CCN(C(=O)c3c4ccccc4cc4ccccc34)CC2)C1)c1ccc2c(c1)OCO2. The second-order valence-corrected chi connectivity index (χ2v) is 11.7. The fourth-order valence-electron chi connectivity index (χ4n) is 7.12. The number of hydrogen-bond donors (Lipinski definition) is 0. The number of benzene rings is 4. The first-order chi connectivity index (χ1) is 20.6. The Kier molecular flexibility index (Phi) is 7.20. The van der Waals surface area contributed by atoms with Crippen LogP contribution in [0.25, 0.3) is 21.5 Å². The van der Waals surface area contributed by atoms with Crippen molar-refractivity contribution in [1.82, 2.24) is 9.80 Å². The van der Waals surface area contributed by atoms with E-state index in [-0.39, 0.29) is 24.5 Å². The summed E-state index contributed by atoms with van der Waals surface area (Å²) in [6.07, 6.45) is 3.77. The van der Waals surface area contributed by atoms with E-state index >= 15 is 0 Å². The second-order valence-electron chi connectivity index (χ2n) is 11.7. The Morgan fingerprint density at radius 3 is 2.24 bits per heavy atom. The van der Waals surface area contributed by atoms with Crippen molar-refractivity contribution in [1.29, 1.82) is 0 Å². The van der Waals surface area contributed by atoms with Gasteiger partial charge in [-0.3, -0.25) is 14.5 Å². The van der Waals surface area contributed by atoms with E-state index in [4.69, 9.17) is 9.47 Å². The van der Waals surface area contributed by atoms with Gasteiger partial charge < -0.3 is 19.3 Å². The van der Waals surface area contributed by atoms with Crippen molar-refractivity contribution in [2.24, 2.45) is 5.92 Å². The maximum Gasteiger partial charge on any atom is 0.255 e. The molecule has 3 heterocycles. The number of rotatable bonds is 5. The summed E-state index contributed by atoms with van der Waals surface area (Å²) in [4.78, 5) is 34.2. The van der Waals surface area contributed by atoms with Crippen molar-refractivity contribution in [3.8, 4) is 11.5 Å². The van der Waals surface area contributed by atoms with Crippen LogP contribution in [0.2, 0.25) is 0 Å². The maximum absolute atomic E-state index is 14.0. The molecule has 2 fully saturated rings. The Labute approximate surface area is 246 Å². The van der Waals surface area contributed by atoms with Gasteiger partial charge in [-0.15, -0.1) is 0 Å². The third-order valence-corrected chi connectivity index (χ3v) is 9.31. The third-order valence-electron chi connectivity index (χ3n) is 9.31. The van der Waals surface area contributed by atoms with Crippen molar-refractivity contribution in [3.05, 3.63) is 78.4 Å². The largest absolute Gasteiger partial charge is 0.454 e. The summed E-state index contributed by atoms with van der Waals surface area (Å²) in [7, 11) is 0. The van der Waals surface area contributed by atoms with Crippen LogP contribution in [-0.2, 0) is 4.79 Å². The van der Waals surface area contributed by atoms with Crippen LogP contribution in [0.15, 0.2) is 72.8 Å². The van der Waals surface area contributed by atoms with Gasteiger partial charge in [-0.05, 0) is 78.9 Å². The van der Waals surface area contributed by atoms with E-state index in [2.05, 4.69) is 35.2 Å². The Balaban J connectivity index is 1.03. The summed E-state index contributed by atoms with van der Waals surface area (Å²) in [5.41, 5.74) is 1.67. The molecule has 1 atom stereocenters. The average molecular weight is 564 g/mol. The molecule has 7 nitrogen and oxygen atoms in total. The van der Waals surface area contributed by atoms with Crippen LogP contribution in [-0.4, -0.2) is 67.2 Å². The van der Waals surface area contributed by atoms with E-state index in [0.29, 0.717) is 18.3 Å². The molecule has 7 heteroatoms. The lowest BCUT2D eigenvalue weighted by molar-refractivity contribution is -0.124. The molecule has 7 rings (SSSR count). The van der Waals surface area contributed by atoms with Crippen LogP contribution in [0.1, 0.15) is 43.0 Å². The predicted molar refractivity (Wildman–Crippen MR) is 165 cm³/mol. The molecule has 2 amide bonds. The number of hydrogen-bond acceptors (Lipinski definition) is 5. The number of piperidine rings is 2. The van der Waals surface area contributed by atoms with Gasteiger partial charge in [0.2, 0.25) is 12.7 Å². The number of carbonyl (C=O) groups is 2. The summed E-state index contributed by atoms with van der Waals surface area (Å²) in [6.45, 7) is 6.09. The molecule has 0 bridgehead atoms. The third kappa shape index (κ3) is 4.86. The van der Waals surface area contributed by atoms with Crippen molar-refractivity contribution < 1.29 is 19.1 Å². The van der Waals surface area contributed by atoms with Crippen LogP contribution in [0.4, 0.5) is 5.69 Å².